The van der Waals surface area contributed by atoms with Gasteiger partial charge in [0.05, 0.1) is 25.0 Å². The summed E-state index contributed by atoms with van der Waals surface area (Å²) in [7, 11) is 0. The van der Waals surface area contributed by atoms with E-state index in [2.05, 4.69) is 10.6 Å². The topological polar surface area (TPSA) is 108 Å². The third-order valence-corrected chi connectivity index (χ3v) is 2.92. The van der Waals surface area contributed by atoms with Crippen molar-refractivity contribution in [2.75, 3.05) is 13.2 Å². The molecule has 108 valence electrons. The van der Waals surface area contributed by atoms with Gasteiger partial charge in [-0.2, -0.15) is 0 Å². The van der Waals surface area contributed by atoms with E-state index in [4.69, 9.17) is 9.84 Å². The Morgan fingerprint density at radius 3 is 2.74 bits per heavy atom. The van der Waals surface area contributed by atoms with Gasteiger partial charge in [-0.1, -0.05) is 0 Å². The molecular weight excluding hydrogens is 252 g/mol. The molecule has 0 saturated heterocycles. The van der Waals surface area contributed by atoms with E-state index >= 15 is 0 Å². The number of aliphatic hydroxyl groups excluding tert-OH is 2. The molecule has 19 heavy (non-hydrogen) atoms. The highest BCUT2D eigenvalue weighted by Crippen LogP contribution is 2.25. The van der Waals surface area contributed by atoms with Crippen LogP contribution >= 0.6 is 0 Å². The summed E-state index contributed by atoms with van der Waals surface area (Å²) in [4.78, 5) is 22.8. The first-order valence-electron chi connectivity index (χ1n) is 6.25. The van der Waals surface area contributed by atoms with Crippen molar-refractivity contribution < 1.29 is 24.5 Å². The molecule has 4 N–H and O–H groups in total. The second-order valence-electron chi connectivity index (χ2n) is 4.41. The van der Waals surface area contributed by atoms with E-state index in [0.717, 1.165) is 6.08 Å². The summed E-state index contributed by atoms with van der Waals surface area (Å²) in [6, 6.07) is -1.12. The number of imide groups is 1. The van der Waals surface area contributed by atoms with Gasteiger partial charge in [0.15, 0.2) is 0 Å². The van der Waals surface area contributed by atoms with Crippen molar-refractivity contribution in [2.24, 2.45) is 5.92 Å². The zero-order chi connectivity index (χ0) is 14.3. The summed E-state index contributed by atoms with van der Waals surface area (Å²) in [5, 5.41) is 23.3. The number of hydrogen-bond acceptors (Lipinski definition) is 5. The third-order valence-electron chi connectivity index (χ3n) is 2.92. The number of rotatable bonds is 5. The van der Waals surface area contributed by atoms with Crippen LogP contribution in [0.5, 0.6) is 0 Å². The van der Waals surface area contributed by atoms with Crippen molar-refractivity contribution in [2.45, 2.75) is 31.9 Å². The maximum absolute atomic E-state index is 11.5. The molecule has 0 unspecified atom stereocenters. The predicted molar refractivity (Wildman–Crippen MR) is 67.0 cm³/mol. The van der Waals surface area contributed by atoms with Crippen molar-refractivity contribution in [1.82, 2.24) is 10.6 Å². The highest BCUT2D eigenvalue weighted by molar-refractivity contribution is 6.00. The van der Waals surface area contributed by atoms with E-state index in [9.17, 15) is 14.7 Å². The standard InChI is InChI=1S/C12H20N2O5/c1-2-19-4-3-11(17)14-12(18)13-9-5-8(7-15)6-10(9)16/h3-4,8-10,15-16H,2,5-7H2,1H3,(H2,13,14,17,18)/b4-3+/t8-,9+,10+/m0/s1. The van der Waals surface area contributed by atoms with Crippen LogP contribution in [0.2, 0.25) is 0 Å². The SMILES string of the molecule is CCO/C=C/C(=O)NC(=O)N[C@@H]1C[C@H](CO)C[C@H]1O. The van der Waals surface area contributed by atoms with Gasteiger partial charge in [-0.3, -0.25) is 10.1 Å². The number of amides is 3. The molecule has 1 saturated carbocycles. The van der Waals surface area contributed by atoms with Crippen LogP contribution < -0.4 is 10.6 Å². The summed E-state index contributed by atoms with van der Waals surface area (Å²) in [5.74, 6) is -0.619. The molecule has 0 aromatic heterocycles. The second-order valence-corrected chi connectivity index (χ2v) is 4.41. The summed E-state index contributed by atoms with van der Waals surface area (Å²) >= 11 is 0. The highest BCUT2D eigenvalue weighted by Gasteiger charge is 2.33. The van der Waals surface area contributed by atoms with Gasteiger partial charge in [-0.15, -0.1) is 0 Å². The Morgan fingerprint density at radius 1 is 1.42 bits per heavy atom. The summed E-state index contributed by atoms with van der Waals surface area (Å²) < 4.78 is 4.82. The summed E-state index contributed by atoms with van der Waals surface area (Å²) in [6.07, 6.45) is 2.55. The lowest BCUT2D eigenvalue weighted by Gasteiger charge is -2.16. The molecule has 3 amide bonds. The molecule has 7 nitrogen and oxygen atoms in total. The molecule has 0 aromatic rings. The number of ether oxygens (including phenoxy) is 1. The second kappa shape index (κ2) is 7.75. The van der Waals surface area contributed by atoms with E-state index in [1.165, 1.54) is 6.26 Å². The molecule has 0 aromatic carbocycles. The molecule has 0 bridgehead atoms. The average molecular weight is 272 g/mol. The first kappa shape index (κ1) is 15.5. The van der Waals surface area contributed by atoms with Gasteiger partial charge in [0, 0.05) is 12.7 Å². The number of carbonyl (C=O) groups excluding carboxylic acids is 2. The molecule has 7 heteroatoms. The Morgan fingerprint density at radius 2 is 2.16 bits per heavy atom. The lowest BCUT2D eigenvalue weighted by molar-refractivity contribution is -0.115. The Balaban J connectivity index is 2.33. The fourth-order valence-corrected chi connectivity index (χ4v) is 1.99. The Labute approximate surface area is 111 Å². The fourth-order valence-electron chi connectivity index (χ4n) is 1.99. The van der Waals surface area contributed by atoms with Crippen LogP contribution in [0.3, 0.4) is 0 Å². The van der Waals surface area contributed by atoms with Gasteiger partial charge >= 0.3 is 6.03 Å². The predicted octanol–water partition coefficient (Wildman–Crippen LogP) is -0.506. The zero-order valence-corrected chi connectivity index (χ0v) is 10.8. The third kappa shape index (κ3) is 5.27. The highest BCUT2D eigenvalue weighted by atomic mass is 16.5. The molecule has 0 aliphatic heterocycles. The van der Waals surface area contributed by atoms with Crippen molar-refractivity contribution in [3.8, 4) is 0 Å². The van der Waals surface area contributed by atoms with E-state index < -0.39 is 24.1 Å². The maximum Gasteiger partial charge on any atom is 0.322 e. The Bertz CT molecular complexity index is 345. The molecule has 1 aliphatic rings. The quantitative estimate of drug-likeness (QED) is 0.398. The van der Waals surface area contributed by atoms with Crippen LogP contribution in [0.15, 0.2) is 12.3 Å². The van der Waals surface area contributed by atoms with Gasteiger partial charge in [-0.05, 0) is 25.7 Å². The van der Waals surface area contributed by atoms with Crippen molar-refractivity contribution >= 4 is 11.9 Å². The van der Waals surface area contributed by atoms with Gasteiger partial charge < -0.3 is 20.3 Å². The zero-order valence-electron chi connectivity index (χ0n) is 10.8. The molecule has 3 atom stereocenters. The van der Waals surface area contributed by atoms with Crippen molar-refractivity contribution in [3.05, 3.63) is 12.3 Å². The number of hydrogen-bond donors (Lipinski definition) is 4. The normalized spacial score (nSPS) is 26.4. The minimum absolute atomic E-state index is 0.0196. The minimum atomic E-state index is -0.697. The Hall–Kier alpha value is -1.60. The van der Waals surface area contributed by atoms with Crippen LogP contribution in [0.4, 0.5) is 4.79 Å². The van der Waals surface area contributed by atoms with Crippen LogP contribution in [0.1, 0.15) is 19.8 Å². The fraction of sp³-hybridized carbons (Fsp3) is 0.667. The molecule has 1 aliphatic carbocycles. The minimum Gasteiger partial charge on any atom is -0.501 e. The van der Waals surface area contributed by atoms with Gasteiger partial charge in [0.25, 0.3) is 5.91 Å². The van der Waals surface area contributed by atoms with E-state index in [-0.39, 0.29) is 12.5 Å². The number of urea groups is 1. The van der Waals surface area contributed by atoms with Crippen LogP contribution in [0.25, 0.3) is 0 Å². The van der Waals surface area contributed by atoms with Gasteiger partial charge in [0.1, 0.15) is 0 Å². The molecule has 1 rings (SSSR count). The monoisotopic (exact) mass is 272 g/mol. The summed E-state index contributed by atoms with van der Waals surface area (Å²) in [5.41, 5.74) is 0. The number of aliphatic hydroxyl groups is 2. The summed E-state index contributed by atoms with van der Waals surface area (Å²) in [6.45, 7) is 2.19. The largest absolute Gasteiger partial charge is 0.501 e. The van der Waals surface area contributed by atoms with Crippen LogP contribution in [-0.4, -0.2) is 47.5 Å². The first-order chi connectivity index (χ1) is 9.06. The van der Waals surface area contributed by atoms with Gasteiger partial charge in [0.2, 0.25) is 0 Å². The van der Waals surface area contributed by atoms with E-state index in [0.29, 0.717) is 19.4 Å². The first-order valence-corrected chi connectivity index (χ1v) is 6.25. The van der Waals surface area contributed by atoms with Crippen molar-refractivity contribution in [3.63, 3.8) is 0 Å². The lowest BCUT2D eigenvalue weighted by Crippen LogP contribution is -2.46. The molecular formula is C12H20N2O5. The average Bonchev–Trinajstić information content (AvgIpc) is 2.70. The molecule has 0 spiro atoms. The van der Waals surface area contributed by atoms with E-state index in [1.54, 1.807) is 6.92 Å². The molecule has 0 heterocycles. The maximum atomic E-state index is 11.5. The van der Waals surface area contributed by atoms with Crippen LogP contribution in [0, 0.1) is 5.92 Å². The molecule has 0 radical (unpaired) electrons. The Kier molecular flexibility index (Phi) is 6.31. The smallest absolute Gasteiger partial charge is 0.322 e. The van der Waals surface area contributed by atoms with Gasteiger partial charge in [-0.25, -0.2) is 4.79 Å². The lowest BCUT2D eigenvalue weighted by atomic mass is 10.1. The van der Waals surface area contributed by atoms with Crippen LogP contribution in [-0.2, 0) is 9.53 Å². The van der Waals surface area contributed by atoms with Crippen molar-refractivity contribution in [1.29, 1.82) is 0 Å². The van der Waals surface area contributed by atoms with E-state index in [1.807, 2.05) is 0 Å². The number of nitrogens with one attached hydrogen (secondary N) is 2. The molecule has 1 fully saturated rings. The number of carbonyl (C=O) groups is 2.